The summed E-state index contributed by atoms with van der Waals surface area (Å²) in [6.45, 7) is 9.64. The van der Waals surface area contributed by atoms with Crippen LogP contribution >= 0.6 is 0 Å². The smallest absolute Gasteiger partial charge is 0.186 e. The highest BCUT2D eigenvalue weighted by atomic mass is 16.7. The first-order valence-electron chi connectivity index (χ1n) is 16.3. The van der Waals surface area contributed by atoms with E-state index in [1.165, 1.54) is 50.5 Å². The number of rotatable bonds is 9. The summed E-state index contributed by atoms with van der Waals surface area (Å²) in [7, 11) is 0. The Kier molecular flexibility index (Phi) is 9.44. The first-order valence-corrected chi connectivity index (χ1v) is 16.3. The first-order chi connectivity index (χ1) is 19.0. The molecule has 1 saturated heterocycles. The van der Waals surface area contributed by atoms with Crippen LogP contribution in [-0.2, 0) is 9.47 Å². The zero-order valence-electron chi connectivity index (χ0n) is 25.3. The average Bonchev–Trinajstić information content (AvgIpc) is 3.28. The van der Waals surface area contributed by atoms with Crippen LogP contribution < -0.4 is 0 Å². The predicted molar refractivity (Wildman–Crippen MR) is 153 cm³/mol. The lowest BCUT2D eigenvalue weighted by atomic mass is 9.46. The minimum Gasteiger partial charge on any atom is -0.394 e. The minimum atomic E-state index is -1.44. The van der Waals surface area contributed by atoms with Crippen molar-refractivity contribution in [3.8, 4) is 0 Å². The van der Waals surface area contributed by atoms with Crippen LogP contribution in [-0.4, -0.2) is 75.6 Å². The fraction of sp³-hybridized carbons (Fsp3) is 0.939. The van der Waals surface area contributed by atoms with Crippen molar-refractivity contribution in [2.24, 2.45) is 46.3 Å². The van der Waals surface area contributed by atoms with Gasteiger partial charge in [-0.25, -0.2) is 0 Å². The molecule has 0 unspecified atom stereocenters. The zero-order valence-corrected chi connectivity index (χ0v) is 25.3. The molecule has 7 heteroatoms. The molecule has 0 aromatic carbocycles. The van der Waals surface area contributed by atoms with Crippen molar-refractivity contribution < 1.29 is 35.0 Å². The first kappa shape index (κ1) is 30.9. The Morgan fingerprint density at radius 2 is 1.70 bits per heavy atom. The summed E-state index contributed by atoms with van der Waals surface area (Å²) in [4.78, 5) is 0. The summed E-state index contributed by atoms with van der Waals surface area (Å²) in [5.41, 5.74) is 1.45. The number of hydrogen-bond donors (Lipinski definition) is 5. The molecule has 13 atom stereocenters. The molecule has 0 aromatic heterocycles. The topological polar surface area (TPSA) is 120 Å². The molecule has 0 spiro atoms. The molecule has 0 aromatic rings. The highest BCUT2D eigenvalue weighted by Gasteiger charge is 2.61. The van der Waals surface area contributed by atoms with Crippen molar-refractivity contribution in [3.05, 3.63) is 11.6 Å². The zero-order chi connectivity index (χ0) is 28.8. The van der Waals surface area contributed by atoms with Crippen molar-refractivity contribution in [1.29, 1.82) is 0 Å². The van der Waals surface area contributed by atoms with Crippen LogP contribution in [0, 0.1) is 46.3 Å². The Bertz CT molecular complexity index is 890. The summed E-state index contributed by atoms with van der Waals surface area (Å²) >= 11 is 0. The predicted octanol–water partition coefficient (Wildman–Crippen LogP) is 4.19. The molecule has 3 saturated carbocycles. The van der Waals surface area contributed by atoms with Gasteiger partial charge in [0, 0.05) is 5.41 Å². The summed E-state index contributed by atoms with van der Waals surface area (Å²) in [6.07, 6.45) is 8.01. The van der Waals surface area contributed by atoms with Gasteiger partial charge in [0.15, 0.2) is 6.29 Å². The molecule has 4 aliphatic carbocycles. The lowest BCUT2D eigenvalue weighted by Gasteiger charge is -2.60. The summed E-state index contributed by atoms with van der Waals surface area (Å²) in [6, 6.07) is 0. The van der Waals surface area contributed by atoms with Gasteiger partial charge in [-0.2, -0.15) is 0 Å². The number of ether oxygens (including phenoxy) is 2. The molecule has 40 heavy (non-hydrogen) atoms. The Labute approximate surface area is 241 Å². The second kappa shape index (κ2) is 12.2. The van der Waals surface area contributed by atoms with Crippen molar-refractivity contribution >= 4 is 0 Å². The Morgan fingerprint density at radius 1 is 0.925 bits per heavy atom. The SMILES string of the molecule is CC(C)CCC[C@@H](C)[C@H]1CC[C@H]2[C@@H]3CCC4=C[C@@H](O)CC[C@]4(CO[C@@H]4O[C@H](CO)[C@@H](O)[C@H](O)[C@H]4O)[C@H]3CC[C@]12C. The molecule has 230 valence electrons. The molecular weight excluding hydrogens is 508 g/mol. The normalized spacial score (nSPS) is 47.8. The van der Waals surface area contributed by atoms with Crippen molar-refractivity contribution in [2.45, 2.75) is 135 Å². The van der Waals surface area contributed by atoms with Gasteiger partial charge in [0.1, 0.15) is 24.4 Å². The monoisotopic (exact) mass is 564 g/mol. The molecule has 5 rings (SSSR count). The van der Waals surface area contributed by atoms with E-state index in [0.29, 0.717) is 36.2 Å². The molecule has 0 radical (unpaired) electrons. The van der Waals surface area contributed by atoms with Crippen LogP contribution in [0.2, 0.25) is 0 Å². The van der Waals surface area contributed by atoms with E-state index in [9.17, 15) is 25.5 Å². The number of fused-ring (bicyclic) bond motifs is 5. The molecule has 0 bridgehead atoms. The van der Waals surface area contributed by atoms with Gasteiger partial charge in [0.25, 0.3) is 0 Å². The van der Waals surface area contributed by atoms with Crippen molar-refractivity contribution in [2.75, 3.05) is 13.2 Å². The fourth-order valence-electron chi connectivity index (χ4n) is 10.2. The Hall–Kier alpha value is -0.540. The van der Waals surface area contributed by atoms with Crippen molar-refractivity contribution in [3.63, 3.8) is 0 Å². The largest absolute Gasteiger partial charge is 0.394 e. The van der Waals surface area contributed by atoms with Crippen LogP contribution in [0.25, 0.3) is 0 Å². The van der Waals surface area contributed by atoms with E-state index in [2.05, 4.69) is 33.8 Å². The average molecular weight is 565 g/mol. The van der Waals surface area contributed by atoms with Crippen LogP contribution in [0.4, 0.5) is 0 Å². The van der Waals surface area contributed by atoms with Gasteiger partial charge >= 0.3 is 0 Å². The van der Waals surface area contributed by atoms with E-state index in [4.69, 9.17) is 9.47 Å². The molecule has 5 N–H and O–H groups in total. The molecule has 1 heterocycles. The third-order valence-corrected chi connectivity index (χ3v) is 12.4. The Morgan fingerprint density at radius 3 is 2.42 bits per heavy atom. The summed E-state index contributed by atoms with van der Waals surface area (Å²) in [5.74, 6) is 4.11. The maximum absolute atomic E-state index is 10.7. The third-order valence-electron chi connectivity index (χ3n) is 12.4. The van der Waals surface area contributed by atoms with E-state index >= 15 is 0 Å². The van der Waals surface area contributed by atoms with Crippen LogP contribution in [0.1, 0.15) is 98.3 Å². The van der Waals surface area contributed by atoms with Crippen LogP contribution in [0.5, 0.6) is 0 Å². The minimum absolute atomic E-state index is 0.219. The highest BCUT2D eigenvalue weighted by molar-refractivity contribution is 5.27. The molecule has 5 aliphatic rings. The number of hydrogen-bond acceptors (Lipinski definition) is 7. The van der Waals surface area contributed by atoms with Gasteiger partial charge < -0.3 is 35.0 Å². The van der Waals surface area contributed by atoms with E-state index in [-0.39, 0.29) is 5.41 Å². The maximum atomic E-state index is 10.7. The van der Waals surface area contributed by atoms with Crippen molar-refractivity contribution in [1.82, 2.24) is 0 Å². The van der Waals surface area contributed by atoms with Gasteiger partial charge in [0.2, 0.25) is 0 Å². The van der Waals surface area contributed by atoms with E-state index in [1.807, 2.05) is 0 Å². The molecule has 4 fully saturated rings. The van der Waals surface area contributed by atoms with Gasteiger partial charge in [-0.05, 0) is 92.3 Å². The van der Waals surface area contributed by atoms with Gasteiger partial charge in [-0.15, -0.1) is 0 Å². The molecular formula is C33H56O7. The second-order valence-corrected chi connectivity index (χ2v) is 14.9. The lowest BCUT2D eigenvalue weighted by Crippen LogP contribution is -2.60. The van der Waals surface area contributed by atoms with E-state index in [0.717, 1.165) is 37.0 Å². The Balaban J connectivity index is 1.34. The molecule has 7 nitrogen and oxygen atoms in total. The van der Waals surface area contributed by atoms with Crippen LogP contribution in [0.15, 0.2) is 11.6 Å². The van der Waals surface area contributed by atoms with Crippen LogP contribution in [0.3, 0.4) is 0 Å². The van der Waals surface area contributed by atoms with Gasteiger partial charge in [-0.3, -0.25) is 0 Å². The number of aliphatic hydroxyl groups excluding tert-OH is 5. The standard InChI is InChI=1S/C33H56O7/c1-19(2)6-5-7-20(3)24-10-11-25-23-9-8-21-16-22(35)12-15-33(21,26(23)13-14-32(24,25)4)18-39-31-30(38)29(37)28(36)27(17-34)40-31/h16,19-20,22-31,34-38H,5-15,17-18H2,1-4H3/t20-,22+,23+,24-,25+,26+,27-,28-,29+,30-,31-,32-,33-/m1/s1. The fourth-order valence-corrected chi connectivity index (χ4v) is 10.2. The third kappa shape index (κ3) is 5.46. The summed E-state index contributed by atoms with van der Waals surface area (Å²) < 4.78 is 12.0. The quantitative estimate of drug-likeness (QED) is 0.267. The lowest BCUT2D eigenvalue weighted by molar-refractivity contribution is -0.308. The maximum Gasteiger partial charge on any atom is 0.186 e. The van der Waals surface area contributed by atoms with E-state index < -0.39 is 43.4 Å². The highest BCUT2D eigenvalue weighted by Crippen LogP contribution is 2.68. The molecule has 1 aliphatic heterocycles. The van der Waals surface area contributed by atoms with E-state index in [1.54, 1.807) is 0 Å². The number of aliphatic hydroxyl groups is 5. The summed E-state index contributed by atoms with van der Waals surface area (Å²) in [5, 5.41) is 51.4. The molecule has 0 amide bonds. The van der Waals surface area contributed by atoms with Gasteiger partial charge in [0.05, 0.1) is 19.3 Å². The van der Waals surface area contributed by atoms with Gasteiger partial charge in [-0.1, -0.05) is 58.6 Å². The second-order valence-electron chi connectivity index (χ2n) is 14.9.